The summed E-state index contributed by atoms with van der Waals surface area (Å²) in [6.45, 7) is 8.61. The van der Waals surface area contributed by atoms with Crippen molar-refractivity contribution in [2.24, 2.45) is 11.8 Å². The number of hydrogen-bond acceptors (Lipinski definition) is 3. The zero-order valence-electron chi connectivity index (χ0n) is 13.1. The third-order valence-electron chi connectivity index (χ3n) is 3.79. The van der Waals surface area contributed by atoms with Crippen LogP contribution in [-0.2, 0) is 0 Å². The van der Waals surface area contributed by atoms with Gasteiger partial charge in [-0.15, -0.1) is 0 Å². The number of rotatable bonds is 4. The molecule has 3 nitrogen and oxygen atoms in total. The van der Waals surface area contributed by atoms with Gasteiger partial charge in [0.1, 0.15) is 11.5 Å². The maximum Gasteiger partial charge on any atom is 0.146 e. The summed E-state index contributed by atoms with van der Waals surface area (Å²) in [5, 5.41) is 0. The van der Waals surface area contributed by atoms with Gasteiger partial charge in [0.05, 0.1) is 17.9 Å². The highest BCUT2D eigenvalue weighted by Crippen LogP contribution is 2.33. The normalized spacial score (nSPS) is 26.6. The largest absolute Gasteiger partial charge is 0.490 e. The van der Waals surface area contributed by atoms with Gasteiger partial charge in [-0.2, -0.15) is 0 Å². The minimum Gasteiger partial charge on any atom is -0.490 e. The second-order valence-electron chi connectivity index (χ2n) is 6.52. The van der Waals surface area contributed by atoms with E-state index < -0.39 is 0 Å². The Bertz CT molecular complexity index is 435. The van der Waals surface area contributed by atoms with Crippen LogP contribution >= 0.6 is 0 Å². The van der Waals surface area contributed by atoms with Crippen molar-refractivity contribution < 1.29 is 9.47 Å². The van der Waals surface area contributed by atoms with Crippen molar-refractivity contribution in [2.75, 3.05) is 5.73 Å². The molecule has 2 atom stereocenters. The molecule has 0 aromatic heterocycles. The second-order valence-corrected chi connectivity index (χ2v) is 6.52. The number of ether oxygens (including phenoxy) is 2. The third kappa shape index (κ3) is 4.06. The Hall–Kier alpha value is -1.38. The maximum atomic E-state index is 6.14. The van der Waals surface area contributed by atoms with Crippen LogP contribution in [0, 0.1) is 11.8 Å². The van der Waals surface area contributed by atoms with E-state index in [9.17, 15) is 0 Å². The lowest BCUT2D eigenvalue weighted by molar-refractivity contribution is 0.101. The second kappa shape index (κ2) is 6.38. The van der Waals surface area contributed by atoms with Crippen molar-refractivity contribution in [3.05, 3.63) is 18.2 Å². The van der Waals surface area contributed by atoms with Gasteiger partial charge in [-0.25, -0.2) is 0 Å². The third-order valence-corrected chi connectivity index (χ3v) is 3.79. The first-order valence-corrected chi connectivity index (χ1v) is 7.67. The van der Waals surface area contributed by atoms with Gasteiger partial charge < -0.3 is 15.2 Å². The average molecular weight is 277 g/mol. The van der Waals surface area contributed by atoms with Crippen LogP contribution in [0.5, 0.6) is 11.5 Å². The lowest BCUT2D eigenvalue weighted by Gasteiger charge is -2.31. The van der Waals surface area contributed by atoms with E-state index in [2.05, 4.69) is 13.8 Å². The van der Waals surface area contributed by atoms with Gasteiger partial charge in [-0.05, 0) is 57.1 Å². The lowest BCUT2D eigenvalue weighted by Crippen LogP contribution is -2.28. The summed E-state index contributed by atoms with van der Waals surface area (Å²) in [7, 11) is 0. The molecule has 0 amide bonds. The Balaban J connectivity index is 2.05. The smallest absolute Gasteiger partial charge is 0.146 e. The van der Waals surface area contributed by atoms with Crippen LogP contribution in [0.1, 0.15) is 47.0 Å². The fraction of sp³-hybridized carbons (Fsp3) is 0.647. The van der Waals surface area contributed by atoms with Crippen LogP contribution < -0.4 is 15.2 Å². The molecule has 0 aliphatic heterocycles. The predicted octanol–water partition coefficient (Wildman–Crippen LogP) is 4.26. The minimum atomic E-state index is 0.113. The molecule has 2 unspecified atom stereocenters. The van der Waals surface area contributed by atoms with E-state index in [4.69, 9.17) is 15.2 Å². The van der Waals surface area contributed by atoms with E-state index in [1.807, 2.05) is 32.0 Å². The number of hydrogen-bond donors (Lipinski definition) is 1. The van der Waals surface area contributed by atoms with Crippen molar-refractivity contribution >= 4 is 5.69 Å². The van der Waals surface area contributed by atoms with E-state index in [-0.39, 0.29) is 6.10 Å². The Morgan fingerprint density at radius 2 is 1.75 bits per heavy atom. The van der Waals surface area contributed by atoms with Crippen molar-refractivity contribution in [1.29, 1.82) is 0 Å². The predicted molar refractivity (Wildman–Crippen MR) is 83.2 cm³/mol. The molecule has 2 rings (SSSR count). The average Bonchev–Trinajstić information content (AvgIpc) is 2.31. The standard InChI is InChI=1S/C17H27NO2/c1-11(2)19-17-10-14(5-6-16(17)18)20-15-8-12(3)7-13(4)9-15/h5-6,10-13,15H,7-9,18H2,1-4H3. The number of nitrogen functional groups attached to an aromatic ring is 1. The molecule has 1 aliphatic rings. The van der Waals surface area contributed by atoms with Gasteiger partial charge in [0.25, 0.3) is 0 Å². The van der Waals surface area contributed by atoms with Gasteiger partial charge >= 0.3 is 0 Å². The maximum absolute atomic E-state index is 6.14. The van der Waals surface area contributed by atoms with Gasteiger partial charge in [-0.3, -0.25) is 0 Å². The molecular formula is C17H27NO2. The highest BCUT2D eigenvalue weighted by atomic mass is 16.5. The molecule has 1 aromatic rings. The molecule has 0 spiro atoms. The first-order chi connectivity index (χ1) is 9.44. The summed E-state index contributed by atoms with van der Waals surface area (Å²) in [4.78, 5) is 0. The highest BCUT2D eigenvalue weighted by molar-refractivity contribution is 5.55. The summed E-state index contributed by atoms with van der Waals surface area (Å²) in [6, 6.07) is 5.72. The Morgan fingerprint density at radius 3 is 2.35 bits per heavy atom. The molecule has 3 heteroatoms. The molecule has 1 fully saturated rings. The Kier molecular flexibility index (Phi) is 4.79. The van der Waals surface area contributed by atoms with Crippen molar-refractivity contribution in [3.8, 4) is 11.5 Å². The van der Waals surface area contributed by atoms with Crippen molar-refractivity contribution in [2.45, 2.75) is 59.2 Å². The summed E-state index contributed by atoms with van der Waals surface area (Å²) in [6.07, 6.45) is 4.00. The number of benzene rings is 1. The summed E-state index contributed by atoms with van der Waals surface area (Å²) in [5.41, 5.74) is 6.60. The topological polar surface area (TPSA) is 44.5 Å². The van der Waals surface area contributed by atoms with Crippen LogP contribution in [0.2, 0.25) is 0 Å². The SMILES string of the molecule is CC1CC(C)CC(Oc2ccc(N)c(OC(C)C)c2)C1. The molecule has 0 saturated heterocycles. The first-order valence-electron chi connectivity index (χ1n) is 7.67. The molecule has 112 valence electrons. The molecule has 20 heavy (non-hydrogen) atoms. The molecule has 1 aliphatic carbocycles. The minimum absolute atomic E-state index is 0.113. The van der Waals surface area contributed by atoms with Gasteiger partial charge in [0.2, 0.25) is 0 Å². The lowest BCUT2D eigenvalue weighted by atomic mass is 9.82. The van der Waals surface area contributed by atoms with E-state index in [0.29, 0.717) is 11.8 Å². The first kappa shape index (κ1) is 15.0. The van der Waals surface area contributed by atoms with Crippen LogP contribution in [-0.4, -0.2) is 12.2 Å². The van der Waals surface area contributed by atoms with Crippen LogP contribution in [0.15, 0.2) is 18.2 Å². The van der Waals surface area contributed by atoms with Crippen molar-refractivity contribution in [1.82, 2.24) is 0 Å². The summed E-state index contributed by atoms with van der Waals surface area (Å²) < 4.78 is 11.8. The fourth-order valence-corrected chi connectivity index (χ4v) is 3.11. The van der Waals surface area contributed by atoms with Crippen LogP contribution in [0.3, 0.4) is 0 Å². The van der Waals surface area contributed by atoms with E-state index >= 15 is 0 Å². The molecule has 1 saturated carbocycles. The highest BCUT2D eigenvalue weighted by Gasteiger charge is 2.25. The molecule has 2 N–H and O–H groups in total. The fourth-order valence-electron chi connectivity index (χ4n) is 3.11. The van der Waals surface area contributed by atoms with E-state index in [1.54, 1.807) is 0 Å². The zero-order valence-corrected chi connectivity index (χ0v) is 13.1. The van der Waals surface area contributed by atoms with Gasteiger partial charge in [0, 0.05) is 6.07 Å². The summed E-state index contributed by atoms with van der Waals surface area (Å²) in [5.74, 6) is 3.06. The molecule has 0 radical (unpaired) electrons. The van der Waals surface area contributed by atoms with Crippen LogP contribution in [0.25, 0.3) is 0 Å². The van der Waals surface area contributed by atoms with Crippen molar-refractivity contribution in [3.63, 3.8) is 0 Å². The molecular weight excluding hydrogens is 250 g/mol. The number of nitrogens with two attached hydrogens (primary N) is 1. The van der Waals surface area contributed by atoms with E-state index in [1.165, 1.54) is 6.42 Å². The monoisotopic (exact) mass is 277 g/mol. The zero-order chi connectivity index (χ0) is 14.7. The summed E-state index contributed by atoms with van der Waals surface area (Å²) >= 11 is 0. The van der Waals surface area contributed by atoms with Crippen LogP contribution in [0.4, 0.5) is 5.69 Å². The Morgan fingerprint density at radius 1 is 1.10 bits per heavy atom. The van der Waals surface area contributed by atoms with E-state index in [0.717, 1.165) is 36.2 Å². The number of anilines is 1. The molecule has 0 heterocycles. The van der Waals surface area contributed by atoms with Gasteiger partial charge in [0.15, 0.2) is 0 Å². The quantitative estimate of drug-likeness (QED) is 0.836. The molecule has 1 aromatic carbocycles. The molecule has 0 bridgehead atoms. The van der Waals surface area contributed by atoms with Gasteiger partial charge in [-0.1, -0.05) is 13.8 Å². The Labute approximate surface area is 122 Å².